The molecule has 2 amide bonds. The molecule has 0 bridgehead atoms. The van der Waals surface area contributed by atoms with Crippen molar-refractivity contribution >= 4 is 23.2 Å². The van der Waals surface area contributed by atoms with Gasteiger partial charge in [0.25, 0.3) is 0 Å². The van der Waals surface area contributed by atoms with Gasteiger partial charge in [-0.05, 0) is 43.0 Å². The van der Waals surface area contributed by atoms with E-state index in [1.54, 1.807) is 6.20 Å². The number of aromatic nitrogens is 1. The maximum atomic E-state index is 12.1. The van der Waals surface area contributed by atoms with Crippen LogP contribution >= 0.6 is 0 Å². The average Bonchev–Trinajstić information content (AvgIpc) is 3.07. The van der Waals surface area contributed by atoms with Crippen LogP contribution in [0.25, 0.3) is 0 Å². The summed E-state index contributed by atoms with van der Waals surface area (Å²) in [4.78, 5) is 18.9. The molecule has 1 aliphatic heterocycles. The number of nitrogens with zero attached hydrogens (tertiary/aromatic N) is 2. The summed E-state index contributed by atoms with van der Waals surface area (Å²) in [5.41, 5.74) is 3.31. The maximum absolute atomic E-state index is 12.1. The highest BCUT2D eigenvalue weighted by Gasteiger charge is 2.20. The van der Waals surface area contributed by atoms with Gasteiger partial charge >= 0.3 is 6.03 Å². The number of hydrogen-bond donors (Lipinski definition) is 2. The summed E-state index contributed by atoms with van der Waals surface area (Å²) in [6.45, 7) is 0.946. The van der Waals surface area contributed by atoms with Crippen LogP contribution in [0.1, 0.15) is 37.7 Å². The Morgan fingerprint density at radius 2 is 1.92 bits per heavy atom. The Morgan fingerprint density at radius 1 is 1.08 bits per heavy atom. The molecule has 0 radical (unpaired) electrons. The highest BCUT2D eigenvalue weighted by molar-refractivity contribution is 5.89. The van der Waals surface area contributed by atoms with Gasteiger partial charge in [-0.1, -0.05) is 37.5 Å². The van der Waals surface area contributed by atoms with Gasteiger partial charge in [-0.3, -0.25) is 0 Å². The van der Waals surface area contributed by atoms with E-state index in [1.165, 1.54) is 30.5 Å². The standard InChI is InChI=1S/C20H24N4O/c25-20(22-16-7-2-1-3-8-16)23-17-10-11-19(21-14-17)24-13-12-15-6-4-5-9-18(15)24/h4-6,9-11,14,16H,1-3,7-8,12-13H2,(H2,22,23,25). The predicted octanol–water partition coefficient (Wildman–Crippen LogP) is 4.23. The molecule has 1 aromatic heterocycles. The van der Waals surface area contributed by atoms with Crippen LogP contribution in [0.2, 0.25) is 0 Å². The van der Waals surface area contributed by atoms with Crippen molar-refractivity contribution in [3.8, 4) is 0 Å². The van der Waals surface area contributed by atoms with Crippen LogP contribution in [0, 0.1) is 0 Å². The fourth-order valence-electron chi connectivity index (χ4n) is 3.80. The summed E-state index contributed by atoms with van der Waals surface area (Å²) < 4.78 is 0. The molecule has 0 unspecified atom stereocenters. The molecule has 130 valence electrons. The largest absolute Gasteiger partial charge is 0.335 e. The second kappa shape index (κ2) is 7.13. The number of rotatable bonds is 3. The molecule has 0 saturated heterocycles. The van der Waals surface area contributed by atoms with Crippen molar-refractivity contribution in [1.82, 2.24) is 10.3 Å². The highest BCUT2D eigenvalue weighted by Crippen LogP contribution is 2.33. The molecule has 2 aromatic rings. The number of anilines is 3. The Morgan fingerprint density at radius 3 is 2.72 bits per heavy atom. The van der Waals surface area contributed by atoms with E-state index in [-0.39, 0.29) is 6.03 Å². The van der Waals surface area contributed by atoms with Gasteiger partial charge in [-0.25, -0.2) is 9.78 Å². The molecule has 5 heteroatoms. The summed E-state index contributed by atoms with van der Waals surface area (Å²) in [5, 5.41) is 5.96. The van der Waals surface area contributed by atoms with Crippen LogP contribution < -0.4 is 15.5 Å². The molecule has 2 aliphatic rings. The zero-order valence-corrected chi connectivity index (χ0v) is 14.4. The van der Waals surface area contributed by atoms with E-state index < -0.39 is 0 Å². The van der Waals surface area contributed by atoms with E-state index in [2.05, 4.69) is 44.8 Å². The van der Waals surface area contributed by atoms with E-state index in [9.17, 15) is 4.79 Å². The number of urea groups is 1. The molecule has 0 spiro atoms. The number of fused-ring (bicyclic) bond motifs is 1. The minimum atomic E-state index is -0.132. The number of benzene rings is 1. The molecule has 25 heavy (non-hydrogen) atoms. The maximum Gasteiger partial charge on any atom is 0.319 e. The first-order valence-corrected chi connectivity index (χ1v) is 9.18. The van der Waals surface area contributed by atoms with Gasteiger partial charge in [0.15, 0.2) is 0 Å². The summed E-state index contributed by atoms with van der Waals surface area (Å²) in [6, 6.07) is 12.5. The van der Waals surface area contributed by atoms with Crippen LogP contribution in [0.3, 0.4) is 0 Å². The fraction of sp³-hybridized carbons (Fsp3) is 0.400. The number of nitrogens with one attached hydrogen (secondary N) is 2. The van der Waals surface area contributed by atoms with Gasteiger partial charge in [0.1, 0.15) is 5.82 Å². The van der Waals surface area contributed by atoms with Crippen molar-refractivity contribution in [2.45, 2.75) is 44.6 Å². The first-order chi connectivity index (χ1) is 12.3. The molecular weight excluding hydrogens is 312 g/mol. The lowest BCUT2D eigenvalue weighted by Crippen LogP contribution is -2.39. The lowest BCUT2D eigenvalue weighted by molar-refractivity contribution is 0.244. The van der Waals surface area contributed by atoms with E-state index in [0.29, 0.717) is 6.04 Å². The van der Waals surface area contributed by atoms with Crippen molar-refractivity contribution in [2.24, 2.45) is 0 Å². The van der Waals surface area contributed by atoms with Crippen LogP contribution in [-0.2, 0) is 6.42 Å². The minimum Gasteiger partial charge on any atom is -0.335 e. The van der Waals surface area contributed by atoms with Crippen molar-refractivity contribution in [3.63, 3.8) is 0 Å². The molecule has 1 aliphatic carbocycles. The Hall–Kier alpha value is -2.56. The van der Waals surface area contributed by atoms with Gasteiger partial charge in [-0.2, -0.15) is 0 Å². The number of hydrogen-bond acceptors (Lipinski definition) is 3. The average molecular weight is 336 g/mol. The third-order valence-corrected chi connectivity index (χ3v) is 5.11. The zero-order chi connectivity index (χ0) is 17.1. The van der Waals surface area contributed by atoms with E-state index in [0.717, 1.165) is 37.3 Å². The molecule has 1 fully saturated rings. The van der Waals surface area contributed by atoms with E-state index >= 15 is 0 Å². The number of pyridine rings is 1. The number of para-hydroxylation sites is 1. The molecular formula is C20H24N4O. The minimum absolute atomic E-state index is 0.132. The lowest BCUT2D eigenvalue weighted by Gasteiger charge is -2.23. The molecule has 0 atom stereocenters. The summed E-state index contributed by atoms with van der Waals surface area (Å²) in [5.74, 6) is 0.920. The normalized spacial score (nSPS) is 17.2. The summed E-state index contributed by atoms with van der Waals surface area (Å²) in [7, 11) is 0. The first-order valence-electron chi connectivity index (χ1n) is 9.18. The third-order valence-electron chi connectivity index (χ3n) is 5.11. The van der Waals surface area contributed by atoms with Crippen molar-refractivity contribution in [2.75, 3.05) is 16.8 Å². The first kappa shape index (κ1) is 15.9. The van der Waals surface area contributed by atoms with Crippen molar-refractivity contribution in [1.29, 1.82) is 0 Å². The van der Waals surface area contributed by atoms with E-state index in [4.69, 9.17) is 0 Å². The lowest BCUT2D eigenvalue weighted by atomic mass is 9.96. The SMILES string of the molecule is O=C(Nc1ccc(N2CCc3ccccc32)nc1)NC1CCCCC1. The van der Waals surface area contributed by atoms with Gasteiger partial charge in [0, 0.05) is 18.3 Å². The Bertz CT molecular complexity index is 738. The highest BCUT2D eigenvalue weighted by atomic mass is 16.2. The Labute approximate surface area is 148 Å². The number of carbonyl (C=O) groups is 1. The van der Waals surface area contributed by atoms with Crippen molar-refractivity contribution in [3.05, 3.63) is 48.2 Å². The number of amides is 2. The topological polar surface area (TPSA) is 57.3 Å². The number of carbonyl (C=O) groups excluding carboxylic acids is 1. The molecule has 4 rings (SSSR count). The predicted molar refractivity (Wildman–Crippen MR) is 100 cm³/mol. The second-order valence-corrected chi connectivity index (χ2v) is 6.87. The van der Waals surface area contributed by atoms with Gasteiger partial charge in [0.05, 0.1) is 11.9 Å². The molecule has 5 nitrogen and oxygen atoms in total. The van der Waals surface area contributed by atoms with Crippen LogP contribution in [0.15, 0.2) is 42.6 Å². The second-order valence-electron chi connectivity index (χ2n) is 6.87. The smallest absolute Gasteiger partial charge is 0.319 e. The van der Waals surface area contributed by atoms with Gasteiger partial charge in [-0.15, -0.1) is 0 Å². The summed E-state index contributed by atoms with van der Waals surface area (Å²) in [6.07, 6.45) is 8.64. The van der Waals surface area contributed by atoms with Gasteiger partial charge < -0.3 is 15.5 Å². The molecule has 2 heterocycles. The molecule has 1 aromatic carbocycles. The molecule has 2 N–H and O–H groups in total. The third kappa shape index (κ3) is 3.60. The quantitative estimate of drug-likeness (QED) is 0.882. The Balaban J connectivity index is 1.38. The fourth-order valence-corrected chi connectivity index (χ4v) is 3.80. The monoisotopic (exact) mass is 336 g/mol. The van der Waals surface area contributed by atoms with Crippen LogP contribution in [-0.4, -0.2) is 23.6 Å². The summed E-state index contributed by atoms with van der Waals surface area (Å²) >= 11 is 0. The van der Waals surface area contributed by atoms with E-state index in [1.807, 2.05) is 12.1 Å². The van der Waals surface area contributed by atoms with Crippen LogP contribution in [0.4, 0.5) is 22.0 Å². The zero-order valence-electron chi connectivity index (χ0n) is 14.4. The van der Waals surface area contributed by atoms with Crippen LogP contribution in [0.5, 0.6) is 0 Å². The van der Waals surface area contributed by atoms with Gasteiger partial charge in [0.2, 0.25) is 0 Å². The Kier molecular flexibility index (Phi) is 4.55. The molecule has 1 saturated carbocycles. The van der Waals surface area contributed by atoms with Crippen molar-refractivity contribution < 1.29 is 4.79 Å².